The second-order valence-corrected chi connectivity index (χ2v) is 6.98. The molecule has 0 unspecified atom stereocenters. The normalized spacial score (nSPS) is 19.8. The summed E-state index contributed by atoms with van der Waals surface area (Å²) in [7, 11) is 1.95. The summed E-state index contributed by atoms with van der Waals surface area (Å²) < 4.78 is 6.55. The minimum atomic E-state index is -0.509. The molecule has 1 N–H and O–H groups in total. The predicted molar refractivity (Wildman–Crippen MR) is 92.5 cm³/mol. The summed E-state index contributed by atoms with van der Waals surface area (Å²) in [5, 5.41) is 3.82. The molecule has 0 radical (unpaired) electrons. The molecule has 1 aliphatic heterocycles. The van der Waals surface area contributed by atoms with Gasteiger partial charge in [0.05, 0.1) is 4.47 Å². The van der Waals surface area contributed by atoms with Gasteiger partial charge in [0.15, 0.2) is 6.10 Å². The van der Waals surface area contributed by atoms with Crippen molar-refractivity contribution in [1.82, 2.24) is 10.2 Å². The Balaban J connectivity index is 1.96. The van der Waals surface area contributed by atoms with Gasteiger partial charge in [0, 0.05) is 18.1 Å². The Morgan fingerprint density at radius 3 is 3.05 bits per heavy atom. The van der Waals surface area contributed by atoms with Gasteiger partial charge in [-0.25, -0.2) is 0 Å². The molecular formula is C16H22BrClN2O2. The highest BCUT2D eigenvalue weighted by molar-refractivity contribution is 9.10. The molecular weight excluding hydrogens is 368 g/mol. The van der Waals surface area contributed by atoms with Crippen molar-refractivity contribution in [2.24, 2.45) is 5.92 Å². The molecule has 1 aromatic carbocycles. The van der Waals surface area contributed by atoms with Crippen LogP contribution in [0.25, 0.3) is 0 Å². The van der Waals surface area contributed by atoms with E-state index in [1.807, 2.05) is 11.9 Å². The number of nitrogens with zero attached hydrogens (tertiary/aromatic N) is 1. The van der Waals surface area contributed by atoms with Crippen molar-refractivity contribution in [3.63, 3.8) is 0 Å². The topological polar surface area (TPSA) is 41.6 Å². The van der Waals surface area contributed by atoms with Crippen molar-refractivity contribution < 1.29 is 9.53 Å². The van der Waals surface area contributed by atoms with Crippen molar-refractivity contribution in [3.05, 3.63) is 27.7 Å². The summed E-state index contributed by atoms with van der Waals surface area (Å²) in [6.45, 7) is 4.36. The van der Waals surface area contributed by atoms with Gasteiger partial charge < -0.3 is 15.0 Å². The highest BCUT2D eigenvalue weighted by Crippen LogP contribution is 2.29. The first-order valence-electron chi connectivity index (χ1n) is 7.56. The lowest BCUT2D eigenvalue weighted by atomic mass is 9.97. The zero-order valence-corrected chi connectivity index (χ0v) is 15.3. The molecule has 1 fully saturated rings. The van der Waals surface area contributed by atoms with Crippen LogP contribution in [-0.4, -0.2) is 43.6 Å². The van der Waals surface area contributed by atoms with Crippen LogP contribution in [0, 0.1) is 5.92 Å². The Bertz CT molecular complexity index is 525. The summed E-state index contributed by atoms with van der Waals surface area (Å²) in [6, 6.07) is 5.29. The third-order valence-corrected chi connectivity index (χ3v) is 4.72. The quantitative estimate of drug-likeness (QED) is 0.840. The van der Waals surface area contributed by atoms with Crippen molar-refractivity contribution in [1.29, 1.82) is 0 Å². The lowest BCUT2D eigenvalue weighted by Crippen LogP contribution is -2.47. The molecule has 6 heteroatoms. The summed E-state index contributed by atoms with van der Waals surface area (Å²) >= 11 is 9.33. The van der Waals surface area contributed by atoms with Crippen LogP contribution < -0.4 is 10.1 Å². The van der Waals surface area contributed by atoms with Gasteiger partial charge in [-0.2, -0.15) is 0 Å². The average molecular weight is 390 g/mol. The van der Waals surface area contributed by atoms with Gasteiger partial charge in [-0.15, -0.1) is 0 Å². The molecule has 122 valence electrons. The van der Waals surface area contributed by atoms with E-state index >= 15 is 0 Å². The zero-order valence-electron chi connectivity index (χ0n) is 12.9. The number of nitrogens with one attached hydrogen (secondary N) is 1. The average Bonchev–Trinajstić information content (AvgIpc) is 2.50. The number of ether oxygens (including phenoxy) is 1. The summed E-state index contributed by atoms with van der Waals surface area (Å²) in [5.74, 6) is 1.20. The first-order valence-corrected chi connectivity index (χ1v) is 8.73. The Morgan fingerprint density at radius 2 is 2.36 bits per heavy atom. The Morgan fingerprint density at radius 1 is 1.59 bits per heavy atom. The van der Waals surface area contributed by atoms with Crippen LogP contribution in [0.2, 0.25) is 5.02 Å². The molecule has 1 aliphatic rings. The third kappa shape index (κ3) is 4.61. The number of halogens is 2. The number of carbonyl (C=O) groups excluding carboxylic acids is 1. The first kappa shape index (κ1) is 17.6. The van der Waals surface area contributed by atoms with E-state index in [9.17, 15) is 4.79 Å². The molecule has 1 aromatic rings. The van der Waals surface area contributed by atoms with E-state index in [4.69, 9.17) is 16.3 Å². The number of rotatable bonds is 5. The molecule has 2 rings (SSSR count). The van der Waals surface area contributed by atoms with Gasteiger partial charge in [-0.05, 0) is 73.4 Å². The second-order valence-electron chi connectivity index (χ2n) is 5.69. The Hall–Kier alpha value is -0.780. The minimum absolute atomic E-state index is 0.0441. The van der Waals surface area contributed by atoms with Crippen LogP contribution in [0.15, 0.2) is 22.7 Å². The predicted octanol–water partition coefficient (Wildman–Crippen LogP) is 3.33. The lowest BCUT2D eigenvalue weighted by Gasteiger charge is -2.34. The van der Waals surface area contributed by atoms with E-state index in [0.717, 1.165) is 30.5 Å². The van der Waals surface area contributed by atoms with Crippen molar-refractivity contribution >= 4 is 33.4 Å². The number of likely N-dealkylation sites (tertiary alicyclic amines) is 1. The molecule has 0 aliphatic carbocycles. The number of hydrogen-bond donors (Lipinski definition) is 1. The maximum atomic E-state index is 12.6. The first-order chi connectivity index (χ1) is 10.5. The monoisotopic (exact) mass is 388 g/mol. The van der Waals surface area contributed by atoms with E-state index in [1.54, 1.807) is 25.1 Å². The molecule has 0 aromatic heterocycles. The fraction of sp³-hybridized carbons (Fsp3) is 0.562. The Kier molecular flexibility index (Phi) is 6.53. The maximum Gasteiger partial charge on any atom is 0.263 e. The molecule has 0 spiro atoms. The molecule has 1 amide bonds. The van der Waals surface area contributed by atoms with Crippen LogP contribution >= 0.6 is 27.5 Å². The molecule has 1 saturated heterocycles. The van der Waals surface area contributed by atoms with Gasteiger partial charge in [-0.1, -0.05) is 11.6 Å². The number of carbonyl (C=O) groups is 1. The third-order valence-electron chi connectivity index (χ3n) is 3.87. The smallest absolute Gasteiger partial charge is 0.263 e. The van der Waals surface area contributed by atoms with Crippen LogP contribution in [0.3, 0.4) is 0 Å². The fourth-order valence-corrected chi connectivity index (χ4v) is 3.57. The molecule has 22 heavy (non-hydrogen) atoms. The highest BCUT2D eigenvalue weighted by Gasteiger charge is 2.27. The molecule has 1 heterocycles. The largest absolute Gasteiger partial charge is 0.480 e. The van der Waals surface area contributed by atoms with Crippen LogP contribution in [0.5, 0.6) is 5.75 Å². The maximum absolute atomic E-state index is 12.6. The lowest BCUT2D eigenvalue weighted by molar-refractivity contribution is -0.139. The van der Waals surface area contributed by atoms with Crippen LogP contribution in [-0.2, 0) is 4.79 Å². The van der Waals surface area contributed by atoms with Gasteiger partial charge in [0.2, 0.25) is 0 Å². The van der Waals surface area contributed by atoms with E-state index in [1.165, 1.54) is 6.42 Å². The van der Waals surface area contributed by atoms with Gasteiger partial charge >= 0.3 is 0 Å². The van der Waals surface area contributed by atoms with Crippen molar-refractivity contribution in [2.75, 3.05) is 26.7 Å². The van der Waals surface area contributed by atoms with E-state index in [2.05, 4.69) is 21.2 Å². The summed E-state index contributed by atoms with van der Waals surface area (Å²) in [4.78, 5) is 14.5. The zero-order chi connectivity index (χ0) is 16.1. The van der Waals surface area contributed by atoms with E-state index < -0.39 is 6.10 Å². The second kappa shape index (κ2) is 8.18. The summed E-state index contributed by atoms with van der Waals surface area (Å²) in [5.41, 5.74) is 0. The van der Waals surface area contributed by atoms with Gasteiger partial charge in [0.25, 0.3) is 5.91 Å². The summed E-state index contributed by atoms with van der Waals surface area (Å²) in [6.07, 6.45) is 1.71. The van der Waals surface area contributed by atoms with Crippen molar-refractivity contribution in [3.8, 4) is 5.75 Å². The number of piperidine rings is 1. The number of amides is 1. The van der Waals surface area contributed by atoms with E-state index in [-0.39, 0.29) is 5.91 Å². The minimum Gasteiger partial charge on any atom is -0.480 e. The van der Waals surface area contributed by atoms with Crippen LogP contribution in [0.4, 0.5) is 0 Å². The van der Waals surface area contributed by atoms with Gasteiger partial charge in [-0.3, -0.25) is 4.79 Å². The SMILES string of the molecule is CNC[C@H]1CCCN(C(=O)[C@H](C)Oc2ccc(Cl)cc2Br)C1. The van der Waals surface area contributed by atoms with E-state index in [0.29, 0.717) is 16.7 Å². The molecule has 2 atom stereocenters. The van der Waals surface area contributed by atoms with Gasteiger partial charge in [0.1, 0.15) is 5.75 Å². The van der Waals surface area contributed by atoms with Crippen molar-refractivity contribution in [2.45, 2.75) is 25.9 Å². The van der Waals surface area contributed by atoms with Crippen LogP contribution in [0.1, 0.15) is 19.8 Å². The molecule has 0 bridgehead atoms. The number of hydrogen-bond acceptors (Lipinski definition) is 3. The standard InChI is InChI=1S/C16H22BrClN2O2/c1-11(22-15-6-5-13(18)8-14(15)17)16(21)20-7-3-4-12(10-20)9-19-2/h5-6,8,11-12,19H,3-4,7,9-10H2,1-2H3/t11-,12+/m0/s1. The molecule has 0 saturated carbocycles. The molecule has 4 nitrogen and oxygen atoms in total. The fourth-order valence-electron chi connectivity index (χ4n) is 2.79. The highest BCUT2D eigenvalue weighted by atomic mass is 79.9. The number of benzene rings is 1. The Labute approximate surface area is 145 Å².